The summed E-state index contributed by atoms with van der Waals surface area (Å²) in [7, 11) is 1.47. The number of carboxylic acid groups (broad SMARTS) is 1. The number of hydrazone groups is 1. The van der Waals surface area contributed by atoms with Crippen molar-refractivity contribution in [2.24, 2.45) is 5.10 Å². The van der Waals surface area contributed by atoms with Gasteiger partial charge in [-0.15, -0.1) is 0 Å². The number of furan rings is 1. The van der Waals surface area contributed by atoms with Crippen molar-refractivity contribution in [2.75, 3.05) is 12.5 Å². The highest BCUT2D eigenvalue weighted by molar-refractivity contribution is 5.84. The van der Waals surface area contributed by atoms with Gasteiger partial charge in [-0.25, -0.2) is 9.78 Å². The minimum Gasteiger partial charge on any atom is -0.493 e. The zero-order chi connectivity index (χ0) is 21.5. The first-order chi connectivity index (χ1) is 14.5. The summed E-state index contributed by atoms with van der Waals surface area (Å²) in [5.41, 5.74) is 2.98. The van der Waals surface area contributed by atoms with Crippen LogP contribution in [0, 0.1) is 10.1 Å². The second kappa shape index (κ2) is 9.19. The first-order valence-electron chi connectivity index (χ1n) is 8.49. The number of benzene rings is 1. The Balaban J connectivity index is 1.67. The summed E-state index contributed by atoms with van der Waals surface area (Å²) >= 11 is 0. The normalized spacial score (nSPS) is 10.7. The predicted octanol–water partition coefficient (Wildman–Crippen LogP) is 3.31. The molecule has 11 heteroatoms. The Morgan fingerprint density at radius 1 is 1.33 bits per heavy atom. The highest BCUT2D eigenvalue weighted by atomic mass is 16.6. The number of nitrogens with one attached hydrogen (secondary N) is 1. The maximum atomic E-state index is 11.0. The molecule has 0 atom stereocenters. The van der Waals surface area contributed by atoms with Crippen LogP contribution >= 0.6 is 0 Å². The van der Waals surface area contributed by atoms with E-state index in [0.29, 0.717) is 22.8 Å². The van der Waals surface area contributed by atoms with E-state index in [9.17, 15) is 14.9 Å². The Kier molecular flexibility index (Phi) is 6.23. The van der Waals surface area contributed by atoms with Crippen molar-refractivity contribution >= 4 is 23.7 Å². The van der Waals surface area contributed by atoms with Gasteiger partial charge in [-0.3, -0.25) is 15.5 Å². The highest BCUT2D eigenvalue weighted by Gasteiger charge is 2.13. The van der Waals surface area contributed by atoms with Gasteiger partial charge in [-0.1, -0.05) is 0 Å². The third-order valence-corrected chi connectivity index (χ3v) is 3.80. The average molecular weight is 412 g/mol. The standard InChI is InChI=1S/C19H16N4O7/c1-28-17-9-12(10-21-22-18-14(23(26)27)3-2-8-20-18)4-6-15(17)29-11-13-5-7-16(30-13)19(24)25/h2-10H,11H2,1H3,(H,20,22)(H,24,25). The number of hydrogen-bond acceptors (Lipinski definition) is 9. The quantitative estimate of drug-likeness (QED) is 0.306. The third kappa shape index (κ3) is 4.90. The number of anilines is 1. The molecule has 2 heterocycles. The zero-order valence-corrected chi connectivity index (χ0v) is 15.6. The molecule has 2 aromatic heterocycles. The van der Waals surface area contributed by atoms with Gasteiger partial charge in [0.1, 0.15) is 12.4 Å². The highest BCUT2D eigenvalue weighted by Crippen LogP contribution is 2.28. The SMILES string of the molecule is COc1cc(C=NNc2ncccc2[N+](=O)[O-])ccc1OCc1ccc(C(=O)O)o1. The summed E-state index contributed by atoms with van der Waals surface area (Å²) in [6, 6.07) is 10.6. The molecular weight excluding hydrogens is 396 g/mol. The first kappa shape index (κ1) is 20.3. The molecule has 0 aliphatic rings. The fourth-order valence-electron chi connectivity index (χ4n) is 2.40. The summed E-state index contributed by atoms with van der Waals surface area (Å²) < 4.78 is 16.1. The molecule has 1 aromatic carbocycles. The van der Waals surface area contributed by atoms with Crippen LogP contribution < -0.4 is 14.9 Å². The van der Waals surface area contributed by atoms with Gasteiger partial charge >= 0.3 is 11.7 Å². The van der Waals surface area contributed by atoms with Crippen LogP contribution in [0.3, 0.4) is 0 Å². The molecular formula is C19H16N4O7. The molecule has 30 heavy (non-hydrogen) atoms. The third-order valence-electron chi connectivity index (χ3n) is 3.80. The van der Waals surface area contributed by atoms with E-state index < -0.39 is 10.9 Å². The molecule has 2 N–H and O–H groups in total. The number of methoxy groups -OCH3 is 1. The molecule has 0 saturated heterocycles. The Bertz CT molecular complexity index is 1090. The summed E-state index contributed by atoms with van der Waals surface area (Å²) in [6.07, 6.45) is 2.86. The van der Waals surface area contributed by atoms with E-state index in [1.54, 1.807) is 18.2 Å². The zero-order valence-electron chi connectivity index (χ0n) is 15.6. The van der Waals surface area contributed by atoms with Gasteiger partial charge in [0.2, 0.25) is 11.6 Å². The number of rotatable bonds is 9. The van der Waals surface area contributed by atoms with Gasteiger partial charge in [-0.05, 0) is 42.0 Å². The Hall–Kier alpha value is -4.41. The summed E-state index contributed by atoms with van der Waals surface area (Å²) in [4.78, 5) is 25.2. The fraction of sp³-hybridized carbons (Fsp3) is 0.105. The molecule has 0 spiro atoms. The van der Waals surface area contributed by atoms with Gasteiger partial charge in [0.05, 0.1) is 18.2 Å². The Morgan fingerprint density at radius 3 is 2.87 bits per heavy atom. The van der Waals surface area contributed by atoms with Crippen LogP contribution in [0.25, 0.3) is 0 Å². The van der Waals surface area contributed by atoms with Crippen molar-refractivity contribution in [1.29, 1.82) is 0 Å². The van der Waals surface area contributed by atoms with Gasteiger partial charge in [0.15, 0.2) is 11.5 Å². The molecule has 3 rings (SSSR count). The predicted molar refractivity (Wildman–Crippen MR) is 105 cm³/mol. The summed E-state index contributed by atoms with van der Waals surface area (Å²) in [5.74, 6) is -0.144. The second-order valence-electron chi connectivity index (χ2n) is 5.77. The molecule has 0 aliphatic carbocycles. The van der Waals surface area contributed by atoms with Crippen LogP contribution in [0.1, 0.15) is 21.9 Å². The van der Waals surface area contributed by atoms with Crippen molar-refractivity contribution in [3.8, 4) is 11.5 Å². The van der Waals surface area contributed by atoms with Crippen LogP contribution in [0.15, 0.2) is 58.2 Å². The fourth-order valence-corrected chi connectivity index (χ4v) is 2.40. The van der Waals surface area contributed by atoms with E-state index in [1.165, 1.54) is 43.8 Å². The van der Waals surface area contributed by atoms with E-state index >= 15 is 0 Å². The maximum absolute atomic E-state index is 11.0. The molecule has 0 fully saturated rings. The topological polar surface area (TPSA) is 149 Å². The molecule has 11 nitrogen and oxygen atoms in total. The van der Waals surface area contributed by atoms with Crippen molar-refractivity contribution < 1.29 is 28.7 Å². The van der Waals surface area contributed by atoms with E-state index in [1.807, 2.05) is 0 Å². The van der Waals surface area contributed by atoms with Crippen LogP contribution in [-0.2, 0) is 6.61 Å². The largest absolute Gasteiger partial charge is 0.493 e. The second-order valence-corrected chi connectivity index (χ2v) is 5.77. The number of nitro groups is 1. The lowest BCUT2D eigenvalue weighted by atomic mass is 10.2. The maximum Gasteiger partial charge on any atom is 0.371 e. The van der Waals surface area contributed by atoms with E-state index in [4.69, 9.17) is 19.0 Å². The molecule has 0 unspecified atom stereocenters. The number of hydrogen-bond donors (Lipinski definition) is 2. The van der Waals surface area contributed by atoms with Gasteiger partial charge < -0.3 is 19.0 Å². The number of nitrogens with zero attached hydrogens (tertiary/aromatic N) is 3. The molecule has 0 aliphatic heterocycles. The number of pyridine rings is 1. The number of ether oxygens (including phenoxy) is 2. The molecule has 0 bridgehead atoms. The first-order valence-corrected chi connectivity index (χ1v) is 8.49. The van der Waals surface area contributed by atoms with E-state index in [0.717, 1.165) is 0 Å². The van der Waals surface area contributed by atoms with Crippen molar-refractivity contribution in [3.05, 3.63) is 75.9 Å². The Morgan fingerprint density at radius 2 is 2.17 bits per heavy atom. The lowest BCUT2D eigenvalue weighted by Gasteiger charge is -2.10. The van der Waals surface area contributed by atoms with E-state index in [-0.39, 0.29) is 23.9 Å². The minimum absolute atomic E-state index is 0.0158. The summed E-state index contributed by atoms with van der Waals surface area (Å²) in [5, 5.41) is 23.8. The average Bonchev–Trinajstić information content (AvgIpc) is 3.22. The van der Waals surface area contributed by atoms with Crippen LogP contribution in [0.2, 0.25) is 0 Å². The van der Waals surface area contributed by atoms with Gasteiger partial charge in [-0.2, -0.15) is 5.10 Å². The van der Waals surface area contributed by atoms with Crippen LogP contribution in [-0.4, -0.2) is 34.3 Å². The lowest BCUT2D eigenvalue weighted by molar-refractivity contribution is -0.384. The molecule has 0 radical (unpaired) electrons. The van der Waals surface area contributed by atoms with Crippen molar-refractivity contribution in [2.45, 2.75) is 6.61 Å². The minimum atomic E-state index is -1.16. The number of aromatic carboxylic acids is 1. The van der Waals surface area contributed by atoms with Gasteiger partial charge in [0.25, 0.3) is 0 Å². The number of aromatic nitrogens is 1. The molecule has 0 saturated carbocycles. The Labute approximate surface area is 169 Å². The summed E-state index contributed by atoms with van der Waals surface area (Å²) in [6.45, 7) is 0.0158. The van der Waals surface area contributed by atoms with Crippen molar-refractivity contribution in [3.63, 3.8) is 0 Å². The lowest BCUT2D eigenvalue weighted by Crippen LogP contribution is -2.00. The number of carbonyl (C=O) groups is 1. The molecule has 3 aromatic rings. The smallest absolute Gasteiger partial charge is 0.371 e. The van der Waals surface area contributed by atoms with Crippen LogP contribution in [0.4, 0.5) is 11.5 Å². The van der Waals surface area contributed by atoms with Gasteiger partial charge in [0, 0.05) is 12.3 Å². The molecule has 0 amide bonds. The molecule has 154 valence electrons. The monoisotopic (exact) mass is 412 g/mol. The van der Waals surface area contributed by atoms with Crippen molar-refractivity contribution in [1.82, 2.24) is 4.98 Å². The van der Waals surface area contributed by atoms with E-state index in [2.05, 4.69) is 15.5 Å². The number of carboxylic acids is 1. The van der Waals surface area contributed by atoms with Crippen LogP contribution in [0.5, 0.6) is 11.5 Å².